The molecule has 0 saturated heterocycles. The van der Waals surface area contributed by atoms with Gasteiger partial charge in [0.25, 0.3) is 0 Å². The van der Waals surface area contributed by atoms with Gasteiger partial charge in [-0.2, -0.15) is 0 Å². The molecule has 0 saturated carbocycles. The van der Waals surface area contributed by atoms with Crippen molar-refractivity contribution in [1.29, 1.82) is 0 Å². The van der Waals surface area contributed by atoms with Gasteiger partial charge in [-0.1, -0.05) is 0 Å². The van der Waals surface area contributed by atoms with E-state index in [9.17, 15) is 54.3 Å². The van der Waals surface area contributed by atoms with Crippen molar-refractivity contribution in [2.75, 3.05) is 0 Å². The smallest absolute Gasteiger partial charge is 0.550 e. The van der Waals surface area contributed by atoms with Gasteiger partial charge in [-0.3, -0.25) is 0 Å². The molecule has 0 unspecified atom stereocenters. The summed E-state index contributed by atoms with van der Waals surface area (Å²) in [5.41, 5.74) is -5.84. The first-order chi connectivity index (χ1) is 11.6. The van der Waals surface area contributed by atoms with Crippen LogP contribution in [0, 0.1) is 0 Å². The van der Waals surface area contributed by atoms with E-state index in [1.54, 1.807) is 0 Å². The summed E-state index contributed by atoms with van der Waals surface area (Å²) in [7, 11) is 0. The minimum Gasteiger partial charge on any atom is -0.550 e. The van der Waals surface area contributed by atoms with Crippen molar-refractivity contribution in [1.82, 2.24) is 0 Å². The number of hydrogen-bond donors (Lipinski definition) is 3. The van der Waals surface area contributed by atoms with Gasteiger partial charge >= 0.3 is 198 Å². The van der Waals surface area contributed by atoms with E-state index in [0.717, 1.165) is 0 Å². The van der Waals surface area contributed by atoms with Gasteiger partial charge < -0.3 is 64.8 Å². The van der Waals surface area contributed by atoms with Crippen LogP contribution in [0.5, 0.6) is 0 Å². The molecule has 0 aliphatic rings. The third kappa shape index (κ3) is 22.7. The number of aliphatic hydroxyl groups is 2. The summed E-state index contributed by atoms with van der Waals surface area (Å²) in [6.07, 6.45) is -5.31. The standard InChI is InChI=1S/2C6H8O7.Ca.3K/c2*7-3(8)1-6(13,5(11)12)2-4(9)10;;;;/h2*13H,1-2H2,(H,7,8)(H,9,10)(H,11,12);;;;/q;;+2;3*+1/p-5. The molecule has 0 bridgehead atoms. The Labute approximate surface area is 326 Å². The van der Waals surface area contributed by atoms with E-state index in [1.807, 2.05) is 0 Å². The Balaban J connectivity index is -0.0000000847. The van der Waals surface area contributed by atoms with Crippen molar-refractivity contribution in [3.8, 4) is 0 Å². The number of aliphatic carboxylic acids is 6. The molecule has 30 heavy (non-hydrogen) atoms. The van der Waals surface area contributed by atoms with Crippen molar-refractivity contribution in [3.63, 3.8) is 0 Å². The fourth-order valence-electron chi connectivity index (χ4n) is 1.38. The number of rotatable bonds is 10. The normalized spacial score (nSPS) is 9.40. The van der Waals surface area contributed by atoms with Gasteiger partial charge in [0.05, 0.1) is 5.97 Å². The molecule has 0 amide bonds. The zero-order valence-corrected chi connectivity index (χ0v) is 27.9. The molecule has 0 rings (SSSR count). The van der Waals surface area contributed by atoms with Crippen LogP contribution in [-0.2, 0) is 28.8 Å². The average Bonchev–Trinajstić information content (AvgIpc) is 2.34. The van der Waals surface area contributed by atoms with Crippen molar-refractivity contribution < 1.29 is 224 Å². The van der Waals surface area contributed by atoms with Crippen LogP contribution in [-0.4, -0.2) is 100 Å². The number of hydrogen-bond acceptors (Lipinski definition) is 13. The Kier molecular flexibility index (Phi) is 34.5. The van der Waals surface area contributed by atoms with E-state index in [0.29, 0.717) is 0 Å². The molecular weight excluding hydrogens is 525 g/mol. The number of carbonyl (C=O) groups excluding carboxylic acids is 5. The van der Waals surface area contributed by atoms with E-state index < -0.39 is 72.7 Å². The fourth-order valence-corrected chi connectivity index (χ4v) is 1.38. The molecule has 0 heterocycles. The Bertz CT molecular complexity index is 527. The first kappa shape index (κ1) is 46.3. The quantitative estimate of drug-likeness (QED) is 0.219. The molecule has 0 radical (unpaired) electrons. The second-order valence-corrected chi connectivity index (χ2v) is 4.85. The summed E-state index contributed by atoms with van der Waals surface area (Å²) in [5.74, 6) is -11.6. The van der Waals surface area contributed by atoms with Gasteiger partial charge in [0.1, 0.15) is 5.60 Å². The van der Waals surface area contributed by atoms with E-state index in [2.05, 4.69) is 0 Å². The second kappa shape index (κ2) is 22.4. The summed E-state index contributed by atoms with van der Waals surface area (Å²) < 4.78 is 0. The largest absolute Gasteiger partial charge is 2.00 e. The zero-order valence-electron chi connectivity index (χ0n) is 16.4. The maximum Gasteiger partial charge on any atom is 2.00 e. The Hall–Kier alpha value is 2.91. The van der Waals surface area contributed by atoms with Crippen LogP contribution in [0.1, 0.15) is 25.7 Å². The van der Waals surface area contributed by atoms with E-state index >= 15 is 0 Å². The van der Waals surface area contributed by atoms with Crippen molar-refractivity contribution in [2.24, 2.45) is 0 Å². The maximum absolute atomic E-state index is 10.3. The summed E-state index contributed by atoms with van der Waals surface area (Å²) in [5, 5.41) is 76.1. The summed E-state index contributed by atoms with van der Waals surface area (Å²) in [6.45, 7) is 0. The van der Waals surface area contributed by atoms with Crippen molar-refractivity contribution >= 4 is 73.6 Å². The third-order valence-electron chi connectivity index (χ3n) is 2.53. The van der Waals surface area contributed by atoms with Gasteiger partial charge in [0, 0.05) is 49.6 Å². The molecular formula is C12H11CaK3O14. The molecule has 0 aromatic carbocycles. The molecule has 0 aliphatic carbocycles. The second-order valence-electron chi connectivity index (χ2n) is 4.85. The van der Waals surface area contributed by atoms with Crippen LogP contribution in [0.25, 0.3) is 0 Å². The first-order valence-corrected chi connectivity index (χ1v) is 6.24. The molecule has 148 valence electrons. The molecule has 0 spiro atoms. The molecule has 0 aliphatic heterocycles. The van der Waals surface area contributed by atoms with Gasteiger partial charge in [-0.15, -0.1) is 0 Å². The van der Waals surface area contributed by atoms with Crippen LogP contribution in [0.2, 0.25) is 0 Å². The van der Waals surface area contributed by atoms with Crippen molar-refractivity contribution in [2.45, 2.75) is 36.9 Å². The van der Waals surface area contributed by atoms with E-state index in [1.165, 1.54) is 0 Å². The molecule has 0 aromatic rings. The van der Waals surface area contributed by atoms with Gasteiger partial charge in [-0.25, -0.2) is 4.79 Å². The third-order valence-corrected chi connectivity index (χ3v) is 2.53. The Morgan fingerprint density at radius 2 is 0.767 bits per heavy atom. The van der Waals surface area contributed by atoms with Gasteiger partial charge in [-0.05, 0) is 0 Å². The number of carbonyl (C=O) groups is 6. The van der Waals surface area contributed by atoms with Crippen LogP contribution >= 0.6 is 0 Å². The minimum atomic E-state index is -2.97. The Morgan fingerprint density at radius 3 is 0.900 bits per heavy atom. The van der Waals surface area contributed by atoms with Crippen molar-refractivity contribution in [3.05, 3.63) is 0 Å². The topological polar surface area (TPSA) is 278 Å². The zero-order chi connectivity index (χ0) is 21.3. The average molecular weight is 537 g/mol. The monoisotopic (exact) mass is 536 g/mol. The predicted octanol–water partition coefficient (Wildman–Crippen LogP) is -18.5. The summed E-state index contributed by atoms with van der Waals surface area (Å²) in [6, 6.07) is 0. The van der Waals surface area contributed by atoms with Crippen LogP contribution < -0.4 is 180 Å². The van der Waals surface area contributed by atoms with Crippen LogP contribution in [0.3, 0.4) is 0 Å². The number of carboxylic acids is 6. The molecule has 0 aromatic heterocycles. The summed E-state index contributed by atoms with van der Waals surface area (Å²) in [4.78, 5) is 60.2. The summed E-state index contributed by atoms with van der Waals surface area (Å²) >= 11 is 0. The SMILES string of the molecule is O=C([O-])CC(O)(CC(=O)[O-])C(=O)O.O=C([O-])CC(O)(CC(=O)[O-])C(=O)[O-].[Ca+2].[K+].[K+].[K+]. The first-order valence-electron chi connectivity index (χ1n) is 6.24. The fraction of sp³-hybridized carbons (Fsp3) is 0.500. The van der Waals surface area contributed by atoms with Crippen LogP contribution in [0.4, 0.5) is 0 Å². The Morgan fingerprint density at radius 1 is 0.567 bits per heavy atom. The molecule has 0 atom stereocenters. The maximum atomic E-state index is 10.3. The van der Waals surface area contributed by atoms with Gasteiger partial charge in [0.15, 0.2) is 5.60 Å². The molecule has 3 N–H and O–H groups in total. The molecule has 0 fully saturated rings. The number of carboxylic acid groups (broad SMARTS) is 6. The minimum absolute atomic E-state index is 0. The van der Waals surface area contributed by atoms with Crippen LogP contribution in [0.15, 0.2) is 0 Å². The van der Waals surface area contributed by atoms with E-state index in [4.69, 9.17) is 15.3 Å². The van der Waals surface area contributed by atoms with Gasteiger partial charge in [0.2, 0.25) is 0 Å². The molecule has 14 nitrogen and oxygen atoms in total. The molecule has 18 heteroatoms. The van der Waals surface area contributed by atoms with E-state index in [-0.39, 0.29) is 192 Å². The predicted molar refractivity (Wildman–Crippen MR) is 66.8 cm³/mol.